The predicted molar refractivity (Wildman–Crippen MR) is 119 cm³/mol. The third-order valence-corrected chi connectivity index (χ3v) is 6.53. The number of rotatable bonds is 5. The quantitative estimate of drug-likeness (QED) is 0.470. The molecule has 0 atom stereocenters. The van der Waals surface area contributed by atoms with Gasteiger partial charge in [-0.3, -0.25) is 4.79 Å². The summed E-state index contributed by atoms with van der Waals surface area (Å²) in [6.45, 7) is 0. The molecule has 0 aliphatic heterocycles. The maximum absolute atomic E-state index is 12.4. The van der Waals surface area contributed by atoms with Gasteiger partial charge < -0.3 is 5.32 Å². The summed E-state index contributed by atoms with van der Waals surface area (Å²) in [5.74, 6) is 1.39. The van der Waals surface area contributed by atoms with Gasteiger partial charge in [-0.2, -0.15) is 9.61 Å². The zero-order valence-corrected chi connectivity index (χ0v) is 17.4. The highest BCUT2D eigenvalue weighted by Gasteiger charge is 2.17. The molecule has 7 heteroatoms. The number of amides is 1. The highest BCUT2D eigenvalue weighted by molar-refractivity contribution is 7.13. The Kier molecular flexibility index (Phi) is 5.27. The monoisotopic (exact) mass is 417 g/mol. The summed E-state index contributed by atoms with van der Waals surface area (Å²) in [6, 6.07) is 15.7. The zero-order valence-electron chi connectivity index (χ0n) is 16.6. The van der Waals surface area contributed by atoms with Crippen molar-refractivity contribution in [3.63, 3.8) is 0 Å². The van der Waals surface area contributed by atoms with Crippen LogP contribution < -0.4 is 5.32 Å². The van der Waals surface area contributed by atoms with E-state index < -0.39 is 0 Å². The minimum atomic E-state index is 0.110. The van der Waals surface area contributed by atoms with Gasteiger partial charge in [-0.1, -0.05) is 37.5 Å². The van der Waals surface area contributed by atoms with Gasteiger partial charge >= 0.3 is 0 Å². The molecule has 0 radical (unpaired) electrons. The number of nitrogens with zero attached hydrogens (tertiary/aromatic N) is 4. The van der Waals surface area contributed by atoms with Crippen molar-refractivity contribution in [2.75, 3.05) is 5.32 Å². The number of hydrogen-bond acceptors (Lipinski definition) is 5. The fraction of sp³-hybridized carbons (Fsp3) is 0.304. The van der Waals surface area contributed by atoms with Crippen LogP contribution in [0.4, 0.5) is 5.69 Å². The third kappa shape index (κ3) is 3.98. The summed E-state index contributed by atoms with van der Waals surface area (Å²) in [5.41, 5.74) is 3.35. The number of fused-ring (bicyclic) bond motifs is 1. The second-order valence-corrected chi connectivity index (χ2v) is 8.77. The summed E-state index contributed by atoms with van der Waals surface area (Å²) in [4.78, 5) is 13.4. The Bertz CT molecular complexity index is 1140. The van der Waals surface area contributed by atoms with E-state index in [-0.39, 0.29) is 5.91 Å². The van der Waals surface area contributed by atoms with Gasteiger partial charge in [-0.05, 0) is 54.5 Å². The predicted octanol–water partition coefficient (Wildman–Crippen LogP) is 5.43. The molecule has 4 aromatic rings. The van der Waals surface area contributed by atoms with Gasteiger partial charge in [0, 0.05) is 17.7 Å². The van der Waals surface area contributed by atoms with Crippen LogP contribution in [0.25, 0.3) is 27.6 Å². The van der Waals surface area contributed by atoms with Crippen molar-refractivity contribution in [1.29, 1.82) is 0 Å². The van der Waals surface area contributed by atoms with Crippen LogP contribution >= 0.6 is 11.3 Å². The lowest BCUT2D eigenvalue weighted by Crippen LogP contribution is -2.18. The van der Waals surface area contributed by atoms with E-state index in [0.717, 1.165) is 27.6 Å². The fourth-order valence-corrected chi connectivity index (χ4v) is 4.79. The van der Waals surface area contributed by atoms with Crippen molar-refractivity contribution in [2.24, 2.45) is 5.92 Å². The molecular formula is C23H23N5OS. The number of nitrogens with one attached hydrogen (secondary N) is 1. The Morgan fingerprint density at radius 3 is 2.63 bits per heavy atom. The second kappa shape index (κ2) is 8.36. The summed E-state index contributed by atoms with van der Waals surface area (Å²) < 4.78 is 1.78. The Morgan fingerprint density at radius 1 is 1.03 bits per heavy atom. The maximum atomic E-state index is 12.4. The molecule has 0 saturated heterocycles. The van der Waals surface area contributed by atoms with E-state index in [9.17, 15) is 4.79 Å². The summed E-state index contributed by atoms with van der Waals surface area (Å²) in [6.07, 6.45) is 6.80. The van der Waals surface area contributed by atoms with Crippen molar-refractivity contribution in [2.45, 2.75) is 38.5 Å². The maximum Gasteiger partial charge on any atom is 0.224 e. The first-order valence-corrected chi connectivity index (χ1v) is 11.3. The SMILES string of the molecule is O=C(CC1CCCCC1)Nc1ccc(-c2ccc3nnc(-c4cccs4)n3n2)cc1. The van der Waals surface area contributed by atoms with Crippen molar-refractivity contribution in [3.8, 4) is 22.0 Å². The van der Waals surface area contributed by atoms with E-state index in [0.29, 0.717) is 18.0 Å². The van der Waals surface area contributed by atoms with Crippen molar-refractivity contribution in [1.82, 2.24) is 19.8 Å². The van der Waals surface area contributed by atoms with Crippen LogP contribution in [0.3, 0.4) is 0 Å². The molecule has 1 saturated carbocycles. The van der Waals surface area contributed by atoms with Crippen LogP contribution in [0.15, 0.2) is 53.9 Å². The Morgan fingerprint density at radius 2 is 1.87 bits per heavy atom. The molecule has 0 unspecified atom stereocenters. The lowest BCUT2D eigenvalue weighted by atomic mass is 9.87. The smallest absolute Gasteiger partial charge is 0.224 e. The molecule has 5 rings (SSSR count). The number of thiophene rings is 1. The molecule has 30 heavy (non-hydrogen) atoms. The van der Waals surface area contributed by atoms with E-state index in [4.69, 9.17) is 5.10 Å². The van der Waals surface area contributed by atoms with E-state index >= 15 is 0 Å². The summed E-state index contributed by atoms with van der Waals surface area (Å²) in [7, 11) is 0. The number of anilines is 1. The number of hydrogen-bond donors (Lipinski definition) is 1. The second-order valence-electron chi connectivity index (χ2n) is 7.82. The fourth-order valence-electron chi connectivity index (χ4n) is 4.09. The van der Waals surface area contributed by atoms with Crippen LogP contribution in [-0.2, 0) is 4.79 Å². The largest absolute Gasteiger partial charge is 0.326 e. The van der Waals surface area contributed by atoms with Gasteiger partial charge in [0.15, 0.2) is 11.5 Å². The van der Waals surface area contributed by atoms with Crippen LogP contribution in [0.1, 0.15) is 38.5 Å². The van der Waals surface area contributed by atoms with Crippen LogP contribution in [0, 0.1) is 5.92 Å². The molecule has 3 heterocycles. The van der Waals surface area contributed by atoms with E-state index in [1.165, 1.54) is 32.1 Å². The molecule has 1 amide bonds. The third-order valence-electron chi connectivity index (χ3n) is 5.67. The van der Waals surface area contributed by atoms with Crippen LogP contribution in [-0.4, -0.2) is 25.7 Å². The van der Waals surface area contributed by atoms with Crippen LogP contribution in [0.5, 0.6) is 0 Å². The topological polar surface area (TPSA) is 72.2 Å². The van der Waals surface area contributed by atoms with Gasteiger partial charge in [0.2, 0.25) is 5.91 Å². The molecule has 3 aromatic heterocycles. The average Bonchev–Trinajstić information content (AvgIpc) is 3.44. The average molecular weight is 418 g/mol. The molecule has 1 aliphatic carbocycles. The molecule has 0 spiro atoms. The van der Waals surface area contributed by atoms with Gasteiger partial charge in [-0.15, -0.1) is 21.5 Å². The number of aromatic nitrogens is 4. The lowest BCUT2D eigenvalue weighted by molar-refractivity contribution is -0.117. The molecule has 152 valence electrons. The minimum Gasteiger partial charge on any atom is -0.326 e. The first-order chi connectivity index (χ1) is 14.8. The van der Waals surface area contributed by atoms with E-state index in [1.807, 2.05) is 53.9 Å². The molecule has 1 aliphatic rings. The molecule has 1 N–H and O–H groups in total. The van der Waals surface area contributed by atoms with Crippen molar-refractivity contribution >= 4 is 28.6 Å². The van der Waals surface area contributed by atoms with Gasteiger partial charge in [-0.25, -0.2) is 0 Å². The minimum absolute atomic E-state index is 0.110. The van der Waals surface area contributed by atoms with Crippen molar-refractivity contribution in [3.05, 3.63) is 53.9 Å². The standard InChI is InChI=1S/C23H23N5OS/c29-22(15-16-5-2-1-3-6-16)24-18-10-8-17(9-11-18)19-12-13-21-25-26-23(28(21)27-19)20-7-4-14-30-20/h4,7-14,16H,1-3,5-6,15H2,(H,24,29). The molecule has 1 fully saturated rings. The van der Waals surface area contributed by atoms with E-state index in [2.05, 4.69) is 15.5 Å². The van der Waals surface area contributed by atoms with Crippen LogP contribution in [0.2, 0.25) is 0 Å². The number of carbonyl (C=O) groups is 1. The lowest BCUT2D eigenvalue weighted by Gasteiger charge is -2.20. The highest BCUT2D eigenvalue weighted by atomic mass is 32.1. The van der Waals surface area contributed by atoms with Gasteiger partial charge in [0.05, 0.1) is 10.6 Å². The first-order valence-electron chi connectivity index (χ1n) is 10.4. The summed E-state index contributed by atoms with van der Waals surface area (Å²) >= 11 is 1.61. The zero-order chi connectivity index (χ0) is 20.3. The molecule has 6 nitrogen and oxygen atoms in total. The molecular weight excluding hydrogens is 394 g/mol. The summed E-state index contributed by atoms with van der Waals surface area (Å²) in [5, 5.41) is 18.3. The molecule has 0 bridgehead atoms. The first kappa shape index (κ1) is 18.9. The molecule has 1 aromatic carbocycles. The number of carbonyl (C=O) groups excluding carboxylic acids is 1. The normalized spacial score (nSPS) is 14.8. The Hall–Kier alpha value is -3.06. The van der Waals surface area contributed by atoms with E-state index in [1.54, 1.807) is 15.9 Å². The van der Waals surface area contributed by atoms with Crippen molar-refractivity contribution < 1.29 is 4.79 Å². The Balaban J connectivity index is 1.32. The van der Waals surface area contributed by atoms with Gasteiger partial charge in [0.25, 0.3) is 0 Å². The van der Waals surface area contributed by atoms with Gasteiger partial charge in [0.1, 0.15) is 0 Å². The Labute approximate surface area is 179 Å². The highest BCUT2D eigenvalue weighted by Crippen LogP contribution is 2.27. The number of benzene rings is 1.